The summed E-state index contributed by atoms with van der Waals surface area (Å²) in [5.41, 5.74) is -0.679. The van der Waals surface area contributed by atoms with Crippen LogP contribution in [0.2, 0.25) is 0 Å². The van der Waals surface area contributed by atoms with Gasteiger partial charge in [-0.05, 0) is 56.9 Å². The van der Waals surface area contributed by atoms with Crippen LogP contribution in [0.15, 0.2) is 0 Å². The van der Waals surface area contributed by atoms with Crippen LogP contribution in [0.3, 0.4) is 0 Å². The Morgan fingerprint density at radius 2 is 2.05 bits per heavy atom. The Balaban J connectivity index is 1.75. The van der Waals surface area contributed by atoms with Crippen molar-refractivity contribution in [3.8, 4) is 0 Å². The zero-order valence-corrected chi connectivity index (χ0v) is 13.0. The van der Waals surface area contributed by atoms with Gasteiger partial charge in [0.25, 0.3) is 0 Å². The first-order valence-corrected chi connectivity index (χ1v) is 8.26. The molecule has 1 aliphatic heterocycles. The molecule has 0 spiro atoms. The van der Waals surface area contributed by atoms with E-state index in [9.17, 15) is 9.90 Å². The van der Waals surface area contributed by atoms with Crippen molar-refractivity contribution >= 4 is 5.91 Å². The van der Waals surface area contributed by atoms with Crippen LogP contribution in [0, 0.1) is 11.8 Å². The number of aliphatic hydroxyl groups is 1. The molecular formula is C16H30N2O2. The lowest BCUT2D eigenvalue weighted by Crippen LogP contribution is -2.52. The summed E-state index contributed by atoms with van der Waals surface area (Å²) in [4.78, 5) is 12.2. The van der Waals surface area contributed by atoms with E-state index in [0.717, 1.165) is 51.0 Å². The molecular weight excluding hydrogens is 252 g/mol. The van der Waals surface area contributed by atoms with Gasteiger partial charge in [0.05, 0.1) is 11.6 Å². The zero-order valence-electron chi connectivity index (χ0n) is 13.0. The SMILES string of the molecule is CCC1CCC(O)(CNC(=O)C2CC(C)CCN2)CC1. The quantitative estimate of drug-likeness (QED) is 0.737. The number of hydrogen-bond acceptors (Lipinski definition) is 3. The highest BCUT2D eigenvalue weighted by Gasteiger charge is 2.34. The third kappa shape index (κ3) is 4.19. The van der Waals surface area contributed by atoms with E-state index < -0.39 is 5.60 Å². The fourth-order valence-corrected chi connectivity index (χ4v) is 3.48. The Hall–Kier alpha value is -0.610. The second-order valence-corrected chi connectivity index (χ2v) is 6.93. The molecule has 2 unspecified atom stereocenters. The lowest BCUT2D eigenvalue weighted by molar-refractivity contribution is -0.125. The van der Waals surface area contributed by atoms with Gasteiger partial charge in [0, 0.05) is 6.54 Å². The van der Waals surface area contributed by atoms with Crippen LogP contribution in [-0.2, 0) is 4.79 Å². The van der Waals surface area contributed by atoms with Crippen LogP contribution in [0.1, 0.15) is 58.8 Å². The largest absolute Gasteiger partial charge is 0.388 e. The number of carbonyl (C=O) groups is 1. The minimum absolute atomic E-state index is 0.0580. The number of rotatable bonds is 4. The van der Waals surface area contributed by atoms with Crippen molar-refractivity contribution in [1.82, 2.24) is 10.6 Å². The standard InChI is InChI=1S/C16H30N2O2/c1-3-13-4-7-16(20,8-5-13)11-18-15(19)14-10-12(2)6-9-17-14/h12-14,17,20H,3-11H2,1-2H3,(H,18,19). The number of piperidine rings is 1. The summed E-state index contributed by atoms with van der Waals surface area (Å²) >= 11 is 0. The summed E-state index contributed by atoms with van der Waals surface area (Å²) < 4.78 is 0. The maximum absolute atomic E-state index is 12.2. The lowest BCUT2D eigenvalue weighted by atomic mass is 9.78. The molecule has 2 rings (SSSR count). The highest BCUT2D eigenvalue weighted by atomic mass is 16.3. The molecule has 0 radical (unpaired) electrons. The van der Waals surface area contributed by atoms with Crippen molar-refractivity contribution in [2.75, 3.05) is 13.1 Å². The van der Waals surface area contributed by atoms with E-state index in [1.807, 2.05) is 0 Å². The second kappa shape index (κ2) is 6.90. The second-order valence-electron chi connectivity index (χ2n) is 6.93. The van der Waals surface area contributed by atoms with Gasteiger partial charge in [-0.2, -0.15) is 0 Å². The highest BCUT2D eigenvalue weighted by molar-refractivity contribution is 5.81. The summed E-state index contributed by atoms with van der Waals surface area (Å²) in [6.45, 7) is 5.74. The average Bonchev–Trinajstić information content (AvgIpc) is 2.46. The fourth-order valence-electron chi connectivity index (χ4n) is 3.48. The van der Waals surface area contributed by atoms with Gasteiger partial charge in [-0.3, -0.25) is 4.79 Å². The molecule has 1 amide bonds. The molecule has 1 aliphatic carbocycles. The van der Waals surface area contributed by atoms with E-state index in [2.05, 4.69) is 24.5 Å². The Labute approximate surface area is 122 Å². The molecule has 0 aromatic carbocycles. The maximum atomic E-state index is 12.2. The van der Waals surface area contributed by atoms with Gasteiger partial charge in [-0.25, -0.2) is 0 Å². The summed E-state index contributed by atoms with van der Waals surface area (Å²) in [7, 11) is 0. The smallest absolute Gasteiger partial charge is 0.237 e. The van der Waals surface area contributed by atoms with Crippen LogP contribution in [0.25, 0.3) is 0 Å². The fraction of sp³-hybridized carbons (Fsp3) is 0.938. The summed E-state index contributed by atoms with van der Waals surface area (Å²) in [5, 5.41) is 16.8. The van der Waals surface area contributed by atoms with Crippen molar-refractivity contribution in [2.24, 2.45) is 11.8 Å². The first-order valence-electron chi connectivity index (χ1n) is 8.26. The van der Waals surface area contributed by atoms with E-state index >= 15 is 0 Å². The Bertz CT molecular complexity index is 324. The third-order valence-electron chi connectivity index (χ3n) is 5.19. The number of nitrogens with one attached hydrogen (secondary N) is 2. The van der Waals surface area contributed by atoms with Gasteiger partial charge in [0.1, 0.15) is 0 Å². The minimum Gasteiger partial charge on any atom is -0.388 e. The van der Waals surface area contributed by atoms with E-state index in [1.165, 1.54) is 6.42 Å². The zero-order chi connectivity index (χ0) is 14.6. The van der Waals surface area contributed by atoms with Gasteiger partial charge in [-0.15, -0.1) is 0 Å². The number of amides is 1. The molecule has 2 atom stereocenters. The highest BCUT2D eigenvalue weighted by Crippen LogP contribution is 2.33. The third-order valence-corrected chi connectivity index (χ3v) is 5.19. The van der Waals surface area contributed by atoms with Crippen molar-refractivity contribution in [1.29, 1.82) is 0 Å². The number of carbonyl (C=O) groups excluding carboxylic acids is 1. The van der Waals surface area contributed by atoms with Gasteiger partial charge >= 0.3 is 0 Å². The van der Waals surface area contributed by atoms with Crippen LogP contribution in [0.4, 0.5) is 0 Å². The van der Waals surface area contributed by atoms with Crippen molar-refractivity contribution in [2.45, 2.75) is 70.4 Å². The lowest BCUT2D eigenvalue weighted by Gasteiger charge is -2.36. The van der Waals surface area contributed by atoms with Crippen LogP contribution in [0.5, 0.6) is 0 Å². The maximum Gasteiger partial charge on any atom is 0.237 e. The van der Waals surface area contributed by atoms with Gasteiger partial charge in [0.15, 0.2) is 0 Å². The minimum atomic E-state index is -0.679. The van der Waals surface area contributed by atoms with Gasteiger partial charge in [0.2, 0.25) is 5.91 Å². The molecule has 1 saturated heterocycles. The summed E-state index contributed by atoms with van der Waals surface area (Å²) in [5.74, 6) is 1.42. The molecule has 1 saturated carbocycles. The van der Waals surface area contributed by atoms with E-state index in [4.69, 9.17) is 0 Å². The average molecular weight is 282 g/mol. The monoisotopic (exact) mass is 282 g/mol. The molecule has 2 aliphatic rings. The van der Waals surface area contributed by atoms with E-state index in [-0.39, 0.29) is 11.9 Å². The molecule has 4 heteroatoms. The van der Waals surface area contributed by atoms with E-state index in [0.29, 0.717) is 12.5 Å². The molecule has 0 aromatic rings. The topological polar surface area (TPSA) is 61.4 Å². The van der Waals surface area contributed by atoms with Gasteiger partial charge < -0.3 is 15.7 Å². The molecule has 20 heavy (non-hydrogen) atoms. The molecule has 0 bridgehead atoms. The first-order chi connectivity index (χ1) is 9.52. The molecule has 116 valence electrons. The van der Waals surface area contributed by atoms with Crippen LogP contribution in [-0.4, -0.2) is 35.7 Å². The van der Waals surface area contributed by atoms with Gasteiger partial charge in [-0.1, -0.05) is 20.3 Å². The number of hydrogen-bond donors (Lipinski definition) is 3. The van der Waals surface area contributed by atoms with E-state index in [1.54, 1.807) is 0 Å². The predicted molar refractivity (Wildman–Crippen MR) is 80.4 cm³/mol. The summed E-state index contributed by atoms with van der Waals surface area (Å²) in [6, 6.07) is -0.0747. The molecule has 0 aromatic heterocycles. The van der Waals surface area contributed by atoms with Crippen LogP contribution < -0.4 is 10.6 Å². The molecule has 4 nitrogen and oxygen atoms in total. The Morgan fingerprint density at radius 1 is 1.35 bits per heavy atom. The van der Waals surface area contributed by atoms with Crippen molar-refractivity contribution in [3.63, 3.8) is 0 Å². The molecule has 2 fully saturated rings. The predicted octanol–water partition coefficient (Wildman–Crippen LogP) is 1.82. The molecule has 1 heterocycles. The normalized spacial score (nSPS) is 38.5. The van der Waals surface area contributed by atoms with Crippen LogP contribution >= 0.6 is 0 Å². The van der Waals surface area contributed by atoms with Crippen molar-refractivity contribution in [3.05, 3.63) is 0 Å². The van der Waals surface area contributed by atoms with Crippen molar-refractivity contribution < 1.29 is 9.90 Å². The molecule has 3 N–H and O–H groups in total. The first kappa shape index (κ1) is 15.8. The Kier molecular flexibility index (Phi) is 5.44. The summed E-state index contributed by atoms with van der Waals surface area (Å²) in [6.07, 6.45) is 7.06. The Morgan fingerprint density at radius 3 is 2.65 bits per heavy atom.